The van der Waals surface area contributed by atoms with Gasteiger partial charge in [0.1, 0.15) is 4.90 Å². The molecule has 19 heavy (non-hydrogen) atoms. The summed E-state index contributed by atoms with van der Waals surface area (Å²) in [6.45, 7) is 3.66. The third-order valence-corrected chi connectivity index (χ3v) is 4.03. The number of nitrogen functional groups attached to an aromatic ring is 1. The largest absolute Gasteiger partial charge is 0.493 e. The molecule has 0 atom stereocenters. The first kappa shape index (κ1) is 15.6. The van der Waals surface area contributed by atoms with Crippen LogP contribution in [-0.2, 0) is 22.9 Å². The van der Waals surface area contributed by atoms with Crippen LogP contribution >= 0.6 is 0 Å². The molecule has 1 aromatic carbocycles. The fourth-order valence-corrected chi connectivity index (χ4v) is 3.24. The number of ether oxygens (including phenoxy) is 2. The lowest BCUT2D eigenvalue weighted by Gasteiger charge is -2.21. The van der Waals surface area contributed by atoms with E-state index in [0.29, 0.717) is 35.5 Å². The van der Waals surface area contributed by atoms with Crippen LogP contribution in [0.5, 0.6) is 11.5 Å². The van der Waals surface area contributed by atoms with Gasteiger partial charge in [-0.2, -0.15) is 0 Å². The molecule has 0 amide bonds. The lowest BCUT2D eigenvalue weighted by atomic mass is 10.0. The summed E-state index contributed by atoms with van der Waals surface area (Å²) in [6.07, 6.45) is 0.928. The predicted octanol–water partition coefficient (Wildman–Crippen LogP) is 1.06. The smallest absolute Gasteiger partial charge is 0.240 e. The lowest BCUT2D eigenvalue weighted by molar-refractivity contribution is 0.348. The maximum Gasteiger partial charge on any atom is 0.240 e. The van der Waals surface area contributed by atoms with E-state index in [4.69, 9.17) is 20.3 Å². The van der Waals surface area contributed by atoms with Gasteiger partial charge in [-0.1, -0.05) is 13.8 Å². The number of sulfonamides is 1. The molecular weight excluding hydrogens is 268 g/mol. The normalized spacial score (nSPS) is 11.4. The number of methoxy groups -OCH3 is 2. The van der Waals surface area contributed by atoms with Crippen LogP contribution in [0.25, 0.3) is 0 Å². The van der Waals surface area contributed by atoms with Crippen LogP contribution in [0.2, 0.25) is 0 Å². The third kappa shape index (κ3) is 2.62. The van der Waals surface area contributed by atoms with Crippen molar-refractivity contribution >= 4 is 15.7 Å². The monoisotopic (exact) mass is 288 g/mol. The molecular formula is C12H20N2O4S. The molecule has 0 aliphatic rings. The maximum absolute atomic E-state index is 11.8. The van der Waals surface area contributed by atoms with Crippen LogP contribution in [0, 0.1) is 0 Å². The van der Waals surface area contributed by atoms with Crippen molar-refractivity contribution in [3.63, 3.8) is 0 Å². The first-order valence-corrected chi connectivity index (χ1v) is 7.45. The van der Waals surface area contributed by atoms with Crippen molar-refractivity contribution in [3.05, 3.63) is 11.1 Å². The quantitative estimate of drug-likeness (QED) is 0.788. The van der Waals surface area contributed by atoms with E-state index in [2.05, 4.69) is 0 Å². The number of anilines is 1. The number of nitrogens with two attached hydrogens (primary N) is 2. The molecule has 0 bridgehead atoms. The summed E-state index contributed by atoms with van der Waals surface area (Å²) in [6, 6.07) is 0. The second-order valence-electron chi connectivity index (χ2n) is 4.02. The summed E-state index contributed by atoms with van der Waals surface area (Å²) in [4.78, 5) is -0.0653. The highest BCUT2D eigenvalue weighted by molar-refractivity contribution is 7.89. The first-order chi connectivity index (χ1) is 8.83. The predicted molar refractivity (Wildman–Crippen MR) is 74.1 cm³/mol. The summed E-state index contributed by atoms with van der Waals surface area (Å²) < 4.78 is 34.1. The molecule has 0 aliphatic heterocycles. The second-order valence-corrected chi connectivity index (χ2v) is 5.52. The average molecular weight is 288 g/mol. The lowest BCUT2D eigenvalue weighted by Crippen LogP contribution is -2.19. The molecule has 108 valence electrons. The minimum absolute atomic E-state index is 0.0653. The Balaban J connectivity index is 3.94. The molecule has 0 unspecified atom stereocenters. The third-order valence-electron chi connectivity index (χ3n) is 3.00. The molecule has 0 aliphatic carbocycles. The van der Waals surface area contributed by atoms with E-state index < -0.39 is 10.0 Å². The van der Waals surface area contributed by atoms with Crippen LogP contribution < -0.4 is 20.3 Å². The van der Waals surface area contributed by atoms with E-state index in [-0.39, 0.29) is 10.6 Å². The highest BCUT2D eigenvalue weighted by Gasteiger charge is 2.27. The Morgan fingerprint density at radius 1 is 1.00 bits per heavy atom. The van der Waals surface area contributed by atoms with Crippen LogP contribution in [-0.4, -0.2) is 22.6 Å². The Bertz CT molecular complexity index is 582. The minimum Gasteiger partial charge on any atom is -0.493 e. The van der Waals surface area contributed by atoms with E-state index in [1.54, 1.807) is 6.92 Å². The molecule has 0 saturated carbocycles. The standard InChI is InChI=1S/C12H20N2O4S/c1-5-7-9(13)12(19(14,15)16)8(6-2)11(18-4)10(7)17-3/h5-6,13H2,1-4H3,(H2,14,15,16). The Hall–Kier alpha value is -1.47. The topological polar surface area (TPSA) is 105 Å². The maximum atomic E-state index is 11.8. The van der Waals surface area contributed by atoms with Crippen LogP contribution in [0.1, 0.15) is 25.0 Å². The zero-order chi connectivity index (χ0) is 14.8. The summed E-state index contributed by atoms with van der Waals surface area (Å²) in [5, 5.41) is 5.27. The number of hydrogen-bond acceptors (Lipinski definition) is 5. The first-order valence-electron chi connectivity index (χ1n) is 5.91. The van der Waals surface area contributed by atoms with Gasteiger partial charge in [-0.05, 0) is 12.8 Å². The number of benzene rings is 1. The van der Waals surface area contributed by atoms with Gasteiger partial charge in [0.25, 0.3) is 0 Å². The van der Waals surface area contributed by atoms with Gasteiger partial charge in [-0.25, -0.2) is 13.6 Å². The molecule has 0 spiro atoms. The van der Waals surface area contributed by atoms with Crippen LogP contribution in [0.4, 0.5) is 5.69 Å². The van der Waals surface area contributed by atoms with Crippen LogP contribution in [0.3, 0.4) is 0 Å². The van der Waals surface area contributed by atoms with Gasteiger partial charge < -0.3 is 15.2 Å². The van der Waals surface area contributed by atoms with E-state index >= 15 is 0 Å². The number of hydrogen-bond donors (Lipinski definition) is 2. The summed E-state index contributed by atoms with van der Waals surface area (Å²) >= 11 is 0. The molecule has 7 heteroatoms. The zero-order valence-corrected chi connectivity index (χ0v) is 12.4. The van der Waals surface area contributed by atoms with Gasteiger partial charge in [0.2, 0.25) is 10.0 Å². The Kier molecular flexibility index (Phi) is 4.65. The summed E-state index contributed by atoms with van der Waals surface area (Å²) in [5.74, 6) is 0.840. The molecule has 1 aromatic rings. The molecule has 1 rings (SSSR count). The van der Waals surface area contributed by atoms with Crippen molar-refractivity contribution in [3.8, 4) is 11.5 Å². The fourth-order valence-electron chi connectivity index (χ4n) is 2.23. The molecule has 4 N–H and O–H groups in total. The summed E-state index contributed by atoms with van der Waals surface area (Å²) in [7, 11) is -0.977. The highest BCUT2D eigenvalue weighted by atomic mass is 32.2. The van der Waals surface area contributed by atoms with Gasteiger partial charge in [0.05, 0.1) is 19.9 Å². The van der Waals surface area contributed by atoms with E-state index in [0.717, 1.165) is 0 Å². The second kappa shape index (κ2) is 5.66. The van der Waals surface area contributed by atoms with Gasteiger partial charge in [0.15, 0.2) is 11.5 Å². The molecule has 0 aromatic heterocycles. The zero-order valence-electron chi connectivity index (χ0n) is 11.6. The van der Waals surface area contributed by atoms with E-state index in [9.17, 15) is 8.42 Å². The molecule has 0 fully saturated rings. The van der Waals surface area contributed by atoms with Gasteiger partial charge in [0, 0.05) is 11.1 Å². The average Bonchev–Trinajstić information content (AvgIpc) is 2.35. The molecule has 0 radical (unpaired) electrons. The summed E-state index contributed by atoms with van der Waals surface area (Å²) in [5.41, 5.74) is 7.13. The SMILES string of the molecule is CCc1c(N)c(S(N)(=O)=O)c(CC)c(OC)c1OC. The van der Waals surface area contributed by atoms with Crippen molar-refractivity contribution in [2.24, 2.45) is 5.14 Å². The fraction of sp³-hybridized carbons (Fsp3) is 0.500. The Labute approximate surface area is 113 Å². The number of primary sulfonamides is 1. The molecule has 0 saturated heterocycles. The Morgan fingerprint density at radius 2 is 1.42 bits per heavy atom. The van der Waals surface area contributed by atoms with Crippen molar-refractivity contribution in [2.45, 2.75) is 31.6 Å². The van der Waals surface area contributed by atoms with E-state index in [1.165, 1.54) is 14.2 Å². The highest BCUT2D eigenvalue weighted by Crippen LogP contribution is 2.43. The van der Waals surface area contributed by atoms with Gasteiger partial charge >= 0.3 is 0 Å². The van der Waals surface area contributed by atoms with Crippen molar-refractivity contribution < 1.29 is 17.9 Å². The van der Waals surface area contributed by atoms with Crippen molar-refractivity contribution in [1.29, 1.82) is 0 Å². The molecule has 0 heterocycles. The van der Waals surface area contributed by atoms with Gasteiger partial charge in [-0.15, -0.1) is 0 Å². The number of rotatable bonds is 5. The Morgan fingerprint density at radius 3 is 1.74 bits per heavy atom. The molecule has 6 nitrogen and oxygen atoms in total. The van der Waals surface area contributed by atoms with Crippen molar-refractivity contribution in [1.82, 2.24) is 0 Å². The van der Waals surface area contributed by atoms with Gasteiger partial charge in [-0.3, -0.25) is 0 Å². The van der Waals surface area contributed by atoms with Crippen LogP contribution in [0.15, 0.2) is 4.90 Å². The van der Waals surface area contributed by atoms with Crippen molar-refractivity contribution in [2.75, 3.05) is 20.0 Å². The minimum atomic E-state index is -3.93. The van der Waals surface area contributed by atoms with E-state index in [1.807, 2.05) is 6.92 Å².